The first-order valence-corrected chi connectivity index (χ1v) is 8.53. The molecule has 0 aliphatic heterocycles. The number of rotatable bonds is 4. The van der Waals surface area contributed by atoms with Crippen molar-refractivity contribution in [1.82, 2.24) is 9.88 Å². The third kappa shape index (κ3) is 4.89. The summed E-state index contributed by atoms with van der Waals surface area (Å²) in [4.78, 5) is 30.4. The number of benzene rings is 1. The second kappa shape index (κ2) is 7.13. The standard InChI is InChI=1S/C18H22N2O3S/c1-12-19-15(11-24-12)10-20(5)16(21)13-6-8-14(9-7-13)17(22)23-18(2,3)4/h6-9,11H,10H2,1-5H3. The Kier molecular flexibility index (Phi) is 5.39. The van der Waals surface area contributed by atoms with Crippen molar-refractivity contribution in [2.24, 2.45) is 0 Å². The number of thiazole rings is 1. The van der Waals surface area contributed by atoms with Crippen LogP contribution in [0.1, 0.15) is 52.2 Å². The zero-order chi connectivity index (χ0) is 17.9. The number of ether oxygens (including phenoxy) is 1. The summed E-state index contributed by atoms with van der Waals surface area (Å²) in [7, 11) is 1.73. The lowest BCUT2D eigenvalue weighted by Gasteiger charge is -2.19. The number of aryl methyl sites for hydroxylation is 1. The molecule has 0 atom stereocenters. The predicted octanol–water partition coefficient (Wildman–Crippen LogP) is 3.68. The minimum Gasteiger partial charge on any atom is -0.456 e. The number of esters is 1. The van der Waals surface area contributed by atoms with Gasteiger partial charge in [-0.25, -0.2) is 9.78 Å². The fraction of sp³-hybridized carbons (Fsp3) is 0.389. The molecule has 1 amide bonds. The highest BCUT2D eigenvalue weighted by molar-refractivity contribution is 7.09. The van der Waals surface area contributed by atoms with Gasteiger partial charge in [-0.15, -0.1) is 11.3 Å². The fourth-order valence-corrected chi connectivity index (χ4v) is 2.71. The molecule has 1 aromatic heterocycles. The molecule has 0 aliphatic carbocycles. The normalized spacial score (nSPS) is 11.2. The Hall–Kier alpha value is -2.21. The summed E-state index contributed by atoms with van der Waals surface area (Å²) in [6, 6.07) is 6.51. The van der Waals surface area contributed by atoms with Crippen molar-refractivity contribution in [3.8, 4) is 0 Å². The molecule has 0 N–H and O–H groups in total. The average molecular weight is 346 g/mol. The van der Waals surface area contributed by atoms with Gasteiger partial charge in [-0.3, -0.25) is 4.79 Å². The summed E-state index contributed by atoms with van der Waals surface area (Å²) in [6.45, 7) is 7.84. The molecule has 0 radical (unpaired) electrons. The molecule has 6 heteroatoms. The third-order valence-electron chi connectivity index (χ3n) is 3.18. The SMILES string of the molecule is Cc1nc(CN(C)C(=O)c2ccc(C(=O)OC(C)(C)C)cc2)cs1. The van der Waals surface area contributed by atoms with Gasteiger partial charge in [-0.2, -0.15) is 0 Å². The van der Waals surface area contributed by atoms with E-state index in [0.717, 1.165) is 10.7 Å². The molecule has 0 aliphatic rings. The number of nitrogens with zero attached hydrogens (tertiary/aromatic N) is 2. The van der Waals surface area contributed by atoms with Gasteiger partial charge in [-0.05, 0) is 52.0 Å². The molecule has 1 heterocycles. The van der Waals surface area contributed by atoms with E-state index in [1.54, 1.807) is 47.5 Å². The molecule has 24 heavy (non-hydrogen) atoms. The minimum absolute atomic E-state index is 0.114. The van der Waals surface area contributed by atoms with E-state index in [1.165, 1.54) is 0 Å². The van der Waals surface area contributed by atoms with Crippen LogP contribution < -0.4 is 0 Å². The van der Waals surface area contributed by atoms with Crippen LogP contribution in [0.3, 0.4) is 0 Å². The maximum Gasteiger partial charge on any atom is 0.338 e. The van der Waals surface area contributed by atoms with Gasteiger partial charge in [0.15, 0.2) is 0 Å². The van der Waals surface area contributed by atoms with Crippen LogP contribution in [0.15, 0.2) is 29.6 Å². The molecule has 2 aromatic rings. The van der Waals surface area contributed by atoms with Gasteiger partial charge in [-0.1, -0.05) is 0 Å². The Labute approximate surface area is 146 Å². The summed E-state index contributed by atoms with van der Waals surface area (Å²) < 4.78 is 5.31. The number of carbonyl (C=O) groups excluding carboxylic acids is 2. The van der Waals surface area contributed by atoms with Crippen molar-refractivity contribution in [3.63, 3.8) is 0 Å². The predicted molar refractivity (Wildman–Crippen MR) is 94.3 cm³/mol. The minimum atomic E-state index is -0.544. The molecule has 0 saturated heterocycles. The Bertz CT molecular complexity index is 729. The highest BCUT2D eigenvalue weighted by Gasteiger charge is 2.19. The fourth-order valence-electron chi connectivity index (χ4n) is 2.10. The lowest BCUT2D eigenvalue weighted by Crippen LogP contribution is -2.26. The molecule has 0 spiro atoms. The van der Waals surface area contributed by atoms with Crippen molar-refractivity contribution in [3.05, 3.63) is 51.5 Å². The van der Waals surface area contributed by atoms with Crippen molar-refractivity contribution in [2.45, 2.75) is 39.8 Å². The van der Waals surface area contributed by atoms with Crippen LogP contribution in [0.25, 0.3) is 0 Å². The van der Waals surface area contributed by atoms with Gasteiger partial charge >= 0.3 is 5.97 Å². The molecule has 2 rings (SSSR count). The highest BCUT2D eigenvalue weighted by atomic mass is 32.1. The number of amides is 1. The Morgan fingerprint density at radius 2 is 1.75 bits per heavy atom. The third-order valence-corrected chi connectivity index (χ3v) is 4.00. The summed E-state index contributed by atoms with van der Waals surface area (Å²) in [6.07, 6.45) is 0. The van der Waals surface area contributed by atoms with Gasteiger partial charge in [0.25, 0.3) is 5.91 Å². The van der Waals surface area contributed by atoms with Crippen LogP contribution in [0, 0.1) is 6.92 Å². The molecular weight excluding hydrogens is 324 g/mol. The van der Waals surface area contributed by atoms with Crippen LogP contribution >= 0.6 is 11.3 Å². The van der Waals surface area contributed by atoms with Gasteiger partial charge < -0.3 is 9.64 Å². The lowest BCUT2D eigenvalue weighted by molar-refractivity contribution is 0.00693. The molecule has 0 bridgehead atoms. The zero-order valence-corrected chi connectivity index (χ0v) is 15.4. The molecule has 0 fully saturated rings. The summed E-state index contributed by atoms with van der Waals surface area (Å²) >= 11 is 1.56. The van der Waals surface area contributed by atoms with Crippen molar-refractivity contribution in [2.75, 3.05) is 7.05 Å². The average Bonchev–Trinajstić information content (AvgIpc) is 2.90. The molecule has 5 nitrogen and oxygen atoms in total. The summed E-state index contributed by atoms with van der Waals surface area (Å²) in [5.74, 6) is -0.510. The van der Waals surface area contributed by atoms with Crippen molar-refractivity contribution < 1.29 is 14.3 Å². The maximum absolute atomic E-state index is 12.5. The van der Waals surface area contributed by atoms with Crippen molar-refractivity contribution >= 4 is 23.2 Å². The van der Waals surface area contributed by atoms with E-state index in [0.29, 0.717) is 17.7 Å². The van der Waals surface area contributed by atoms with Gasteiger partial charge in [0, 0.05) is 18.0 Å². The quantitative estimate of drug-likeness (QED) is 0.793. The number of hydrogen-bond donors (Lipinski definition) is 0. The van der Waals surface area contributed by atoms with Gasteiger partial charge in [0.2, 0.25) is 0 Å². The first kappa shape index (κ1) is 18.1. The lowest BCUT2D eigenvalue weighted by atomic mass is 10.1. The topological polar surface area (TPSA) is 59.5 Å². The number of hydrogen-bond acceptors (Lipinski definition) is 5. The van der Waals surface area contributed by atoms with E-state index < -0.39 is 11.6 Å². The van der Waals surface area contributed by atoms with Gasteiger partial charge in [0.05, 0.1) is 22.8 Å². The maximum atomic E-state index is 12.5. The second-order valence-corrected chi connectivity index (χ2v) is 7.66. The molecule has 128 valence electrons. The molecular formula is C18H22N2O3S. The van der Waals surface area contributed by atoms with Crippen LogP contribution in [-0.2, 0) is 11.3 Å². The van der Waals surface area contributed by atoms with E-state index >= 15 is 0 Å². The van der Waals surface area contributed by atoms with E-state index in [4.69, 9.17) is 4.74 Å². The Morgan fingerprint density at radius 1 is 1.17 bits per heavy atom. The molecule has 0 saturated carbocycles. The number of aromatic nitrogens is 1. The van der Waals surface area contributed by atoms with Crippen LogP contribution in [-0.4, -0.2) is 34.4 Å². The first-order chi connectivity index (χ1) is 11.2. The van der Waals surface area contributed by atoms with Crippen LogP contribution in [0.2, 0.25) is 0 Å². The van der Waals surface area contributed by atoms with E-state index in [9.17, 15) is 9.59 Å². The highest BCUT2D eigenvalue weighted by Crippen LogP contribution is 2.15. The van der Waals surface area contributed by atoms with E-state index in [1.807, 2.05) is 33.1 Å². The monoisotopic (exact) mass is 346 g/mol. The van der Waals surface area contributed by atoms with Crippen LogP contribution in [0.4, 0.5) is 0 Å². The van der Waals surface area contributed by atoms with Gasteiger partial charge in [0.1, 0.15) is 5.60 Å². The molecule has 0 unspecified atom stereocenters. The zero-order valence-electron chi connectivity index (χ0n) is 14.6. The summed E-state index contributed by atoms with van der Waals surface area (Å²) in [5.41, 5.74) is 1.28. The first-order valence-electron chi connectivity index (χ1n) is 7.65. The largest absolute Gasteiger partial charge is 0.456 e. The van der Waals surface area contributed by atoms with E-state index in [-0.39, 0.29) is 5.91 Å². The van der Waals surface area contributed by atoms with E-state index in [2.05, 4.69) is 4.98 Å². The smallest absolute Gasteiger partial charge is 0.338 e. The Balaban J connectivity index is 2.04. The molecule has 1 aromatic carbocycles. The van der Waals surface area contributed by atoms with Crippen molar-refractivity contribution in [1.29, 1.82) is 0 Å². The van der Waals surface area contributed by atoms with Crippen LogP contribution in [0.5, 0.6) is 0 Å². The summed E-state index contributed by atoms with van der Waals surface area (Å²) in [5, 5.41) is 2.93. The Morgan fingerprint density at radius 3 is 2.25 bits per heavy atom. The number of carbonyl (C=O) groups is 2. The second-order valence-electron chi connectivity index (χ2n) is 6.60.